The lowest BCUT2D eigenvalue weighted by Gasteiger charge is -2.08. The predicted octanol–water partition coefficient (Wildman–Crippen LogP) is 4.08. The van der Waals surface area contributed by atoms with Gasteiger partial charge in [0, 0.05) is 6.54 Å². The molecule has 1 heterocycles. The third-order valence-electron chi connectivity index (χ3n) is 3.23. The minimum Gasteiger partial charge on any atom is -0.384 e. The predicted molar refractivity (Wildman–Crippen MR) is 86.6 cm³/mol. The van der Waals surface area contributed by atoms with Gasteiger partial charge in [0.1, 0.15) is 11.5 Å². The highest BCUT2D eigenvalue weighted by molar-refractivity contribution is 6.03. The molecule has 1 amide bonds. The van der Waals surface area contributed by atoms with Crippen LogP contribution < -0.4 is 10.6 Å². The molecule has 0 saturated heterocycles. The number of benzene rings is 1. The van der Waals surface area contributed by atoms with E-state index in [9.17, 15) is 9.18 Å². The molecule has 0 radical (unpaired) electrons. The Kier molecular flexibility index (Phi) is 5.89. The number of aromatic nitrogens is 1. The van der Waals surface area contributed by atoms with Crippen LogP contribution in [0, 0.1) is 5.82 Å². The molecule has 0 fully saturated rings. The average molecular weight is 301 g/mol. The van der Waals surface area contributed by atoms with E-state index < -0.39 is 11.7 Å². The number of hydrogen-bond donors (Lipinski definition) is 2. The molecular formula is C17H20FN3O. The van der Waals surface area contributed by atoms with E-state index in [0.717, 1.165) is 18.7 Å². The number of anilines is 2. The molecule has 0 aliphatic carbocycles. The van der Waals surface area contributed by atoms with Gasteiger partial charge >= 0.3 is 0 Å². The summed E-state index contributed by atoms with van der Waals surface area (Å²) in [5.41, 5.74) is 1.27. The van der Waals surface area contributed by atoms with Crippen LogP contribution >= 0.6 is 0 Å². The molecule has 1 aromatic heterocycles. The summed E-state index contributed by atoms with van der Waals surface area (Å²) in [5, 5.41) is 5.76. The van der Waals surface area contributed by atoms with Crippen LogP contribution in [0.3, 0.4) is 0 Å². The van der Waals surface area contributed by atoms with Gasteiger partial charge in [-0.2, -0.15) is 0 Å². The van der Waals surface area contributed by atoms with Crippen molar-refractivity contribution in [1.29, 1.82) is 0 Å². The fourth-order valence-electron chi connectivity index (χ4n) is 1.99. The van der Waals surface area contributed by atoms with Crippen molar-refractivity contribution < 1.29 is 9.18 Å². The first-order chi connectivity index (χ1) is 10.7. The van der Waals surface area contributed by atoms with Gasteiger partial charge in [-0.3, -0.25) is 4.79 Å². The van der Waals surface area contributed by atoms with Crippen molar-refractivity contribution in [2.75, 3.05) is 17.2 Å². The molecule has 1 aromatic carbocycles. The van der Waals surface area contributed by atoms with Gasteiger partial charge in [-0.25, -0.2) is 9.37 Å². The standard InChI is InChI=1S/C17H20FN3O/c1-2-3-6-11-19-13-9-10-16(20-12-13)17(22)21-15-8-5-4-7-14(15)18/h4-5,7-10,12,19H,2-3,6,11H2,1H3,(H,21,22). The first-order valence-electron chi connectivity index (χ1n) is 7.46. The van der Waals surface area contributed by atoms with Gasteiger partial charge in [-0.15, -0.1) is 0 Å². The maximum Gasteiger partial charge on any atom is 0.274 e. The Labute approximate surface area is 129 Å². The van der Waals surface area contributed by atoms with E-state index in [0.29, 0.717) is 0 Å². The molecule has 22 heavy (non-hydrogen) atoms. The zero-order valence-electron chi connectivity index (χ0n) is 12.6. The normalized spacial score (nSPS) is 10.3. The number of rotatable bonds is 7. The number of carbonyl (C=O) groups excluding carboxylic acids is 1. The van der Waals surface area contributed by atoms with Crippen LogP contribution in [0.2, 0.25) is 0 Å². The molecule has 2 N–H and O–H groups in total. The molecule has 5 heteroatoms. The molecule has 0 atom stereocenters. The second kappa shape index (κ2) is 8.12. The molecular weight excluding hydrogens is 281 g/mol. The highest BCUT2D eigenvalue weighted by atomic mass is 19.1. The lowest BCUT2D eigenvalue weighted by Crippen LogP contribution is -2.14. The molecule has 0 aliphatic heterocycles. The van der Waals surface area contributed by atoms with Crippen molar-refractivity contribution in [2.45, 2.75) is 26.2 Å². The molecule has 0 unspecified atom stereocenters. The van der Waals surface area contributed by atoms with Crippen LogP contribution in [0.5, 0.6) is 0 Å². The fourth-order valence-corrected chi connectivity index (χ4v) is 1.99. The Bertz CT molecular complexity index is 614. The third kappa shape index (κ3) is 4.55. The van der Waals surface area contributed by atoms with Crippen molar-refractivity contribution in [3.63, 3.8) is 0 Å². The molecule has 4 nitrogen and oxygen atoms in total. The first kappa shape index (κ1) is 15.9. The van der Waals surface area contributed by atoms with Crippen molar-refractivity contribution in [3.8, 4) is 0 Å². The Hall–Kier alpha value is -2.43. The number of amides is 1. The summed E-state index contributed by atoms with van der Waals surface area (Å²) in [4.78, 5) is 16.1. The second-order valence-corrected chi connectivity index (χ2v) is 5.00. The summed E-state index contributed by atoms with van der Waals surface area (Å²) in [5.74, 6) is -0.896. The quantitative estimate of drug-likeness (QED) is 0.758. The summed E-state index contributed by atoms with van der Waals surface area (Å²) in [6.45, 7) is 3.04. The number of pyridine rings is 1. The Morgan fingerprint density at radius 1 is 1.18 bits per heavy atom. The monoisotopic (exact) mass is 301 g/mol. The largest absolute Gasteiger partial charge is 0.384 e. The lowest BCUT2D eigenvalue weighted by atomic mass is 10.2. The highest BCUT2D eigenvalue weighted by Crippen LogP contribution is 2.14. The molecule has 0 aliphatic rings. The smallest absolute Gasteiger partial charge is 0.274 e. The van der Waals surface area contributed by atoms with Crippen molar-refractivity contribution >= 4 is 17.3 Å². The molecule has 2 aromatic rings. The number of halogens is 1. The van der Waals surface area contributed by atoms with Crippen molar-refractivity contribution in [2.24, 2.45) is 0 Å². The maximum absolute atomic E-state index is 13.5. The fraction of sp³-hybridized carbons (Fsp3) is 0.294. The van der Waals surface area contributed by atoms with Gasteiger partial charge in [0.25, 0.3) is 5.91 Å². The van der Waals surface area contributed by atoms with E-state index in [4.69, 9.17) is 0 Å². The van der Waals surface area contributed by atoms with Crippen molar-refractivity contribution in [3.05, 3.63) is 54.1 Å². The van der Waals surface area contributed by atoms with Crippen LogP contribution in [0.1, 0.15) is 36.7 Å². The van der Waals surface area contributed by atoms with E-state index in [1.165, 1.54) is 25.0 Å². The lowest BCUT2D eigenvalue weighted by molar-refractivity contribution is 0.102. The van der Waals surface area contributed by atoms with Gasteiger partial charge in [-0.05, 0) is 30.7 Å². The van der Waals surface area contributed by atoms with Crippen molar-refractivity contribution in [1.82, 2.24) is 4.98 Å². The molecule has 116 valence electrons. The maximum atomic E-state index is 13.5. The van der Waals surface area contributed by atoms with E-state index in [-0.39, 0.29) is 11.4 Å². The number of hydrogen-bond acceptors (Lipinski definition) is 3. The van der Waals surface area contributed by atoms with E-state index in [1.54, 1.807) is 30.5 Å². The number of para-hydroxylation sites is 1. The Morgan fingerprint density at radius 2 is 2.00 bits per heavy atom. The van der Waals surface area contributed by atoms with E-state index >= 15 is 0 Å². The number of nitrogens with one attached hydrogen (secondary N) is 2. The minimum absolute atomic E-state index is 0.149. The van der Waals surface area contributed by atoms with E-state index in [1.807, 2.05) is 0 Å². The molecule has 0 saturated carbocycles. The summed E-state index contributed by atoms with van der Waals surface area (Å²) < 4.78 is 13.5. The summed E-state index contributed by atoms with van der Waals surface area (Å²) >= 11 is 0. The van der Waals surface area contributed by atoms with Gasteiger partial charge in [0.2, 0.25) is 0 Å². The Morgan fingerprint density at radius 3 is 2.68 bits per heavy atom. The van der Waals surface area contributed by atoms with Crippen LogP contribution in [0.4, 0.5) is 15.8 Å². The summed E-state index contributed by atoms with van der Waals surface area (Å²) in [7, 11) is 0. The highest BCUT2D eigenvalue weighted by Gasteiger charge is 2.09. The molecule has 0 spiro atoms. The van der Waals surface area contributed by atoms with Crippen LogP contribution in [0.25, 0.3) is 0 Å². The van der Waals surface area contributed by atoms with Crippen LogP contribution in [-0.4, -0.2) is 17.4 Å². The second-order valence-electron chi connectivity index (χ2n) is 5.00. The van der Waals surface area contributed by atoms with Crippen LogP contribution in [-0.2, 0) is 0 Å². The third-order valence-corrected chi connectivity index (χ3v) is 3.23. The Balaban J connectivity index is 1.92. The summed E-state index contributed by atoms with van der Waals surface area (Å²) in [6, 6.07) is 9.47. The SMILES string of the molecule is CCCCCNc1ccc(C(=O)Nc2ccccc2F)nc1. The zero-order valence-corrected chi connectivity index (χ0v) is 12.6. The van der Waals surface area contributed by atoms with Gasteiger partial charge in [0.05, 0.1) is 17.6 Å². The zero-order chi connectivity index (χ0) is 15.8. The molecule has 2 rings (SSSR count). The minimum atomic E-state index is -0.468. The van der Waals surface area contributed by atoms with E-state index in [2.05, 4.69) is 22.5 Å². The topological polar surface area (TPSA) is 54.0 Å². The van der Waals surface area contributed by atoms with Gasteiger partial charge in [-0.1, -0.05) is 31.9 Å². The number of carbonyl (C=O) groups is 1. The molecule has 0 bridgehead atoms. The number of nitrogens with zero attached hydrogens (tertiary/aromatic N) is 1. The van der Waals surface area contributed by atoms with Gasteiger partial charge in [0.15, 0.2) is 0 Å². The number of unbranched alkanes of at least 4 members (excludes halogenated alkanes) is 2. The summed E-state index contributed by atoms with van der Waals surface area (Å²) in [6.07, 6.45) is 5.08. The average Bonchev–Trinajstić information content (AvgIpc) is 2.54. The first-order valence-corrected chi connectivity index (χ1v) is 7.46. The van der Waals surface area contributed by atoms with Gasteiger partial charge < -0.3 is 10.6 Å². The van der Waals surface area contributed by atoms with Crippen LogP contribution in [0.15, 0.2) is 42.6 Å².